The van der Waals surface area contributed by atoms with Crippen molar-refractivity contribution in [1.29, 1.82) is 0 Å². The molecule has 2 aromatic rings. The molecule has 0 unspecified atom stereocenters. The van der Waals surface area contributed by atoms with Crippen molar-refractivity contribution in [3.8, 4) is 5.75 Å². The zero-order valence-corrected chi connectivity index (χ0v) is 11.7. The molecule has 18 heavy (non-hydrogen) atoms. The van der Waals surface area contributed by atoms with Gasteiger partial charge in [0, 0.05) is 0 Å². The minimum Gasteiger partial charge on any atom is -0.487 e. The number of halogens is 2. The normalized spacial score (nSPS) is 10.4. The first-order valence-electron chi connectivity index (χ1n) is 5.57. The van der Waals surface area contributed by atoms with Crippen LogP contribution in [0.1, 0.15) is 16.8 Å². The van der Waals surface area contributed by atoms with E-state index in [2.05, 4.69) is 4.98 Å². The first-order chi connectivity index (χ1) is 8.56. The third-order valence-electron chi connectivity index (χ3n) is 2.59. The van der Waals surface area contributed by atoms with E-state index in [-0.39, 0.29) is 0 Å². The van der Waals surface area contributed by atoms with Gasteiger partial charge in [-0.25, -0.2) is 4.98 Å². The van der Waals surface area contributed by atoms with E-state index in [1.54, 1.807) is 12.1 Å². The van der Waals surface area contributed by atoms with E-state index in [0.29, 0.717) is 22.5 Å². The summed E-state index contributed by atoms with van der Waals surface area (Å²) < 4.78 is 5.73. The standard InChI is InChI=1S/C14H13Cl2NO/c1-9-3-4-10(2)13(7-9)18-8-12-11(15)5-6-14(16)17-12/h3-7H,8H2,1-2H3. The van der Waals surface area contributed by atoms with Crippen LogP contribution >= 0.6 is 23.2 Å². The van der Waals surface area contributed by atoms with E-state index in [4.69, 9.17) is 27.9 Å². The molecule has 1 aromatic carbocycles. The first kappa shape index (κ1) is 13.2. The molecule has 0 N–H and O–H groups in total. The van der Waals surface area contributed by atoms with Crippen LogP contribution in [0, 0.1) is 13.8 Å². The third kappa shape index (κ3) is 3.15. The molecular formula is C14H13Cl2NO. The van der Waals surface area contributed by atoms with Crippen LogP contribution in [0.25, 0.3) is 0 Å². The highest BCUT2D eigenvalue weighted by atomic mass is 35.5. The highest BCUT2D eigenvalue weighted by molar-refractivity contribution is 6.32. The van der Waals surface area contributed by atoms with Crippen LogP contribution in [0.5, 0.6) is 5.75 Å². The number of nitrogens with zero attached hydrogens (tertiary/aromatic N) is 1. The lowest BCUT2D eigenvalue weighted by Crippen LogP contribution is -2.00. The van der Waals surface area contributed by atoms with Gasteiger partial charge >= 0.3 is 0 Å². The number of aromatic nitrogens is 1. The van der Waals surface area contributed by atoms with Crippen molar-refractivity contribution >= 4 is 23.2 Å². The first-order valence-corrected chi connectivity index (χ1v) is 6.33. The number of ether oxygens (including phenoxy) is 1. The van der Waals surface area contributed by atoms with Gasteiger partial charge in [-0.05, 0) is 43.2 Å². The van der Waals surface area contributed by atoms with E-state index in [9.17, 15) is 0 Å². The molecule has 0 radical (unpaired) electrons. The largest absolute Gasteiger partial charge is 0.487 e. The SMILES string of the molecule is Cc1ccc(C)c(OCc2nc(Cl)ccc2Cl)c1. The molecule has 4 heteroatoms. The lowest BCUT2D eigenvalue weighted by Gasteiger charge is -2.10. The molecule has 2 nitrogen and oxygen atoms in total. The molecule has 0 amide bonds. The van der Waals surface area contributed by atoms with Crippen molar-refractivity contribution in [3.63, 3.8) is 0 Å². The molecule has 0 saturated heterocycles. The van der Waals surface area contributed by atoms with Gasteiger partial charge in [0.1, 0.15) is 17.5 Å². The second-order valence-electron chi connectivity index (χ2n) is 4.12. The maximum atomic E-state index is 6.03. The smallest absolute Gasteiger partial charge is 0.132 e. The summed E-state index contributed by atoms with van der Waals surface area (Å²) in [5.74, 6) is 0.841. The van der Waals surface area contributed by atoms with Gasteiger partial charge in [0.15, 0.2) is 0 Å². The number of aryl methyl sites for hydroxylation is 2. The molecule has 0 aliphatic rings. The summed E-state index contributed by atoms with van der Waals surface area (Å²) in [6.45, 7) is 4.34. The fraction of sp³-hybridized carbons (Fsp3) is 0.214. The van der Waals surface area contributed by atoms with Gasteiger partial charge in [0.05, 0.1) is 10.7 Å². The Morgan fingerprint density at radius 2 is 1.89 bits per heavy atom. The lowest BCUT2D eigenvalue weighted by atomic mass is 10.1. The van der Waals surface area contributed by atoms with Crippen LogP contribution in [0.3, 0.4) is 0 Å². The van der Waals surface area contributed by atoms with E-state index >= 15 is 0 Å². The maximum Gasteiger partial charge on any atom is 0.132 e. The van der Waals surface area contributed by atoms with Gasteiger partial charge in [0.25, 0.3) is 0 Å². The molecule has 0 saturated carbocycles. The molecule has 0 bridgehead atoms. The van der Waals surface area contributed by atoms with Crippen LogP contribution < -0.4 is 4.74 Å². The molecule has 0 spiro atoms. The molecule has 94 valence electrons. The van der Waals surface area contributed by atoms with Crippen molar-refractivity contribution in [2.24, 2.45) is 0 Å². The number of rotatable bonds is 3. The summed E-state index contributed by atoms with van der Waals surface area (Å²) in [4.78, 5) is 4.15. The average molecular weight is 282 g/mol. The second kappa shape index (κ2) is 5.59. The van der Waals surface area contributed by atoms with Crippen molar-refractivity contribution < 1.29 is 4.74 Å². The topological polar surface area (TPSA) is 22.1 Å². The van der Waals surface area contributed by atoms with Crippen LogP contribution in [-0.2, 0) is 6.61 Å². The Morgan fingerprint density at radius 1 is 1.11 bits per heavy atom. The van der Waals surface area contributed by atoms with Crippen molar-refractivity contribution in [2.45, 2.75) is 20.5 Å². The Bertz CT molecular complexity index is 518. The van der Waals surface area contributed by atoms with Gasteiger partial charge in [-0.1, -0.05) is 35.3 Å². The molecule has 0 aliphatic carbocycles. The molecule has 1 aromatic heterocycles. The molecule has 0 fully saturated rings. The number of hydrogen-bond donors (Lipinski definition) is 0. The predicted octanol–water partition coefficient (Wildman–Crippen LogP) is 4.58. The summed E-state index contributed by atoms with van der Waals surface area (Å²) >= 11 is 11.9. The van der Waals surface area contributed by atoms with Crippen LogP contribution in [0.4, 0.5) is 0 Å². The van der Waals surface area contributed by atoms with Gasteiger partial charge < -0.3 is 4.74 Å². The Hall–Kier alpha value is -1.25. The van der Waals surface area contributed by atoms with Crippen LogP contribution in [0.2, 0.25) is 10.2 Å². The minimum atomic E-state index is 0.309. The monoisotopic (exact) mass is 281 g/mol. The summed E-state index contributed by atoms with van der Waals surface area (Å²) in [7, 11) is 0. The van der Waals surface area contributed by atoms with Gasteiger partial charge in [-0.15, -0.1) is 0 Å². The van der Waals surface area contributed by atoms with Crippen LogP contribution in [-0.4, -0.2) is 4.98 Å². The van der Waals surface area contributed by atoms with Crippen molar-refractivity contribution in [3.05, 3.63) is 57.3 Å². The zero-order chi connectivity index (χ0) is 13.1. The molecular weight excluding hydrogens is 269 g/mol. The average Bonchev–Trinajstić information content (AvgIpc) is 2.34. The lowest BCUT2D eigenvalue weighted by molar-refractivity contribution is 0.299. The predicted molar refractivity (Wildman–Crippen MR) is 74.5 cm³/mol. The van der Waals surface area contributed by atoms with E-state index in [1.165, 1.54) is 0 Å². The Kier molecular flexibility index (Phi) is 4.10. The molecule has 0 atom stereocenters. The zero-order valence-electron chi connectivity index (χ0n) is 10.2. The Morgan fingerprint density at radius 3 is 2.67 bits per heavy atom. The summed E-state index contributed by atoms with van der Waals surface area (Å²) in [5.41, 5.74) is 2.88. The number of benzene rings is 1. The molecule has 0 aliphatic heterocycles. The van der Waals surface area contributed by atoms with E-state index in [0.717, 1.165) is 16.9 Å². The summed E-state index contributed by atoms with van der Waals surface area (Å²) in [6.07, 6.45) is 0. The maximum absolute atomic E-state index is 6.03. The van der Waals surface area contributed by atoms with Crippen molar-refractivity contribution in [1.82, 2.24) is 4.98 Å². The number of hydrogen-bond acceptors (Lipinski definition) is 2. The highest BCUT2D eigenvalue weighted by Crippen LogP contribution is 2.22. The van der Waals surface area contributed by atoms with Gasteiger partial charge in [0.2, 0.25) is 0 Å². The summed E-state index contributed by atoms with van der Waals surface area (Å²) in [6, 6.07) is 9.45. The van der Waals surface area contributed by atoms with Crippen LogP contribution in [0.15, 0.2) is 30.3 Å². The fourth-order valence-corrected chi connectivity index (χ4v) is 1.89. The van der Waals surface area contributed by atoms with Crippen molar-refractivity contribution in [2.75, 3.05) is 0 Å². The van der Waals surface area contributed by atoms with E-state index in [1.807, 2.05) is 32.0 Å². The van der Waals surface area contributed by atoms with Gasteiger partial charge in [-0.3, -0.25) is 0 Å². The fourth-order valence-electron chi connectivity index (χ4n) is 1.57. The van der Waals surface area contributed by atoms with Gasteiger partial charge in [-0.2, -0.15) is 0 Å². The number of pyridine rings is 1. The molecule has 2 rings (SSSR count). The quantitative estimate of drug-likeness (QED) is 0.768. The second-order valence-corrected chi connectivity index (χ2v) is 4.91. The minimum absolute atomic E-state index is 0.309. The summed E-state index contributed by atoms with van der Waals surface area (Å²) in [5, 5.41) is 0.976. The Balaban J connectivity index is 2.16. The highest BCUT2D eigenvalue weighted by Gasteiger charge is 2.06. The Labute approximate surface area is 117 Å². The van der Waals surface area contributed by atoms with E-state index < -0.39 is 0 Å². The molecule has 1 heterocycles. The third-order valence-corrected chi connectivity index (χ3v) is 3.15.